The van der Waals surface area contributed by atoms with Crippen LogP contribution in [0.25, 0.3) is 11.3 Å². The number of nitro groups is 1. The fraction of sp³-hybridized carbons (Fsp3) is 0.158. The van der Waals surface area contributed by atoms with Crippen molar-refractivity contribution in [1.82, 2.24) is 10.5 Å². The van der Waals surface area contributed by atoms with Gasteiger partial charge >= 0.3 is 0 Å². The number of phenolic OH excluding ortho intramolecular Hbond substituents is 2. The van der Waals surface area contributed by atoms with E-state index in [-0.39, 0.29) is 53.1 Å². The SMILES string of the molecule is O=C(NCCCO)c1cc(-c2c(O)cc(O)cc2Oc2ccc([N+](=O)[O-])cc2)on1. The van der Waals surface area contributed by atoms with E-state index < -0.39 is 16.6 Å². The van der Waals surface area contributed by atoms with Gasteiger partial charge in [-0.1, -0.05) is 5.16 Å². The van der Waals surface area contributed by atoms with E-state index in [1.807, 2.05) is 0 Å². The Kier molecular flexibility index (Phi) is 6.13. The minimum atomic E-state index is -0.558. The summed E-state index contributed by atoms with van der Waals surface area (Å²) < 4.78 is 10.8. The number of nitrogens with zero attached hydrogens (tertiary/aromatic N) is 2. The third-order valence-electron chi connectivity index (χ3n) is 3.95. The van der Waals surface area contributed by atoms with Crippen LogP contribution in [0, 0.1) is 10.1 Å². The van der Waals surface area contributed by atoms with Crippen LogP contribution >= 0.6 is 0 Å². The van der Waals surface area contributed by atoms with Crippen LogP contribution in [0.3, 0.4) is 0 Å². The number of carbonyl (C=O) groups is 1. The molecular formula is C19H17N3O8. The molecule has 3 rings (SSSR count). The zero-order valence-electron chi connectivity index (χ0n) is 15.4. The van der Waals surface area contributed by atoms with Crippen molar-refractivity contribution in [1.29, 1.82) is 0 Å². The molecule has 11 nitrogen and oxygen atoms in total. The van der Waals surface area contributed by atoms with Crippen LogP contribution in [0.5, 0.6) is 23.0 Å². The second-order valence-electron chi connectivity index (χ2n) is 6.10. The number of carbonyl (C=O) groups excluding carboxylic acids is 1. The van der Waals surface area contributed by atoms with E-state index in [4.69, 9.17) is 14.4 Å². The first-order valence-corrected chi connectivity index (χ1v) is 8.73. The molecule has 0 atom stereocenters. The van der Waals surface area contributed by atoms with Crippen LogP contribution in [0.2, 0.25) is 0 Å². The number of non-ortho nitro benzene ring substituents is 1. The molecule has 1 amide bonds. The van der Waals surface area contributed by atoms with E-state index in [0.717, 1.165) is 6.07 Å². The maximum absolute atomic E-state index is 12.1. The Morgan fingerprint density at radius 2 is 1.93 bits per heavy atom. The highest BCUT2D eigenvalue weighted by Crippen LogP contribution is 2.43. The second-order valence-corrected chi connectivity index (χ2v) is 6.10. The molecule has 0 saturated heterocycles. The molecule has 30 heavy (non-hydrogen) atoms. The fourth-order valence-corrected chi connectivity index (χ4v) is 2.55. The van der Waals surface area contributed by atoms with Gasteiger partial charge in [0.15, 0.2) is 11.5 Å². The number of nitro benzene ring substituents is 1. The first kappa shape index (κ1) is 20.6. The third-order valence-corrected chi connectivity index (χ3v) is 3.95. The largest absolute Gasteiger partial charge is 0.508 e. The van der Waals surface area contributed by atoms with Gasteiger partial charge in [-0.05, 0) is 18.6 Å². The number of aromatic hydroxyl groups is 2. The minimum Gasteiger partial charge on any atom is -0.508 e. The van der Waals surface area contributed by atoms with Crippen molar-refractivity contribution in [2.24, 2.45) is 0 Å². The number of benzene rings is 2. The summed E-state index contributed by atoms with van der Waals surface area (Å²) >= 11 is 0. The normalized spacial score (nSPS) is 10.6. The van der Waals surface area contributed by atoms with Crippen molar-refractivity contribution in [3.63, 3.8) is 0 Å². The van der Waals surface area contributed by atoms with Crippen molar-refractivity contribution in [3.8, 4) is 34.3 Å². The molecule has 0 saturated carbocycles. The standard InChI is InChI=1S/C19H17N3O8/c23-7-1-6-20-19(26)14-10-17(30-21-14)18-15(25)8-12(24)9-16(18)29-13-4-2-11(3-5-13)22(27)28/h2-5,8-10,23-25H,1,6-7H2,(H,20,26). The van der Waals surface area contributed by atoms with Crippen molar-refractivity contribution in [2.45, 2.75) is 6.42 Å². The lowest BCUT2D eigenvalue weighted by Crippen LogP contribution is -2.25. The number of amides is 1. The first-order chi connectivity index (χ1) is 14.4. The minimum absolute atomic E-state index is 0.00304. The molecule has 3 aromatic rings. The molecule has 0 radical (unpaired) electrons. The molecule has 0 aliphatic heterocycles. The Bertz CT molecular complexity index is 1060. The Labute approximate surface area is 169 Å². The van der Waals surface area contributed by atoms with Gasteiger partial charge in [0, 0.05) is 43.5 Å². The van der Waals surface area contributed by atoms with Crippen molar-refractivity contribution >= 4 is 11.6 Å². The van der Waals surface area contributed by atoms with Gasteiger partial charge in [0.05, 0.1) is 4.92 Å². The molecule has 11 heteroatoms. The summed E-state index contributed by atoms with van der Waals surface area (Å²) in [7, 11) is 0. The lowest BCUT2D eigenvalue weighted by Gasteiger charge is -2.11. The van der Waals surface area contributed by atoms with E-state index in [1.165, 1.54) is 36.4 Å². The van der Waals surface area contributed by atoms with Gasteiger partial charge < -0.3 is 29.9 Å². The molecule has 0 fully saturated rings. The third kappa shape index (κ3) is 4.64. The topological polar surface area (TPSA) is 168 Å². The summed E-state index contributed by atoms with van der Waals surface area (Å²) in [5, 5.41) is 45.9. The van der Waals surface area contributed by atoms with Crippen molar-refractivity contribution in [2.75, 3.05) is 13.2 Å². The number of phenols is 2. The molecular weight excluding hydrogens is 398 g/mol. The smallest absolute Gasteiger partial charge is 0.273 e. The number of rotatable bonds is 8. The van der Waals surface area contributed by atoms with Crippen LogP contribution in [0.4, 0.5) is 5.69 Å². The summed E-state index contributed by atoms with van der Waals surface area (Å²) in [5.74, 6) is -1.05. The van der Waals surface area contributed by atoms with E-state index in [0.29, 0.717) is 6.42 Å². The average Bonchev–Trinajstić information content (AvgIpc) is 3.18. The molecule has 2 aromatic carbocycles. The Morgan fingerprint density at radius 3 is 2.60 bits per heavy atom. The number of ether oxygens (including phenoxy) is 1. The molecule has 0 aliphatic rings. The van der Waals surface area contributed by atoms with Crippen LogP contribution in [-0.2, 0) is 0 Å². The summed E-state index contributed by atoms with van der Waals surface area (Å²) in [6.45, 7) is 0.172. The Balaban J connectivity index is 1.90. The van der Waals surface area contributed by atoms with Gasteiger partial charge in [0.1, 0.15) is 28.6 Å². The molecule has 1 heterocycles. The lowest BCUT2D eigenvalue weighted by atomic mass is 10.1. The van der Waals surface area contributed by atoms with Crippen LogP contribution < -0.4 is 10.1 Å². The zero-order valence-corrected chi connectivity index (χ0v) is 15.4. The monoisotopic (exact) mass is 415 g/mol. The molecule has 1 aromatic heterocycles. The molecule has 0 aliphatic carbocycles. The zero-order chi connectivity index (χ0) is 21.7. The molecule has 0 unspecified atom stereocenters. The molecule has 156 valence electrons. The molecule has 0 bridgehead atoms. The van der Waals surface area contributed by atoms with Gasteiger partial charge in [-0.25, -0.2) is 0 Å². The Morgan fingerprint density at radius 1 is 1.20 bits per heavy atom. The van der Waals surface area contributed by atoms with E-state index >= 15 is 0 Å². The highest BCUT2D eigenvalue weighted by atomic mass is 16.6. The number of aromatic nitrogens is 1. The lowest BCUT2D eigenvalue weighted by molar-refractivity contribution is -0.384. The summed E-state index contributed by atoms with van der Waals surface area (Å²) in [6.07, 6.45) is 0.377. The summed E-state index contributed by atoms with van der Waals surface area (Å²) in [5.41, 5.74) is -0.168. The quantitative estimate of drug-likeness (QED) is 0.245. The van der Waals surface area contributed by atoms with Gasteiger partial charge in [0.25, 0.3) is 11.6 Å². The average molecular weight is 415 g/mol. The maximum Gasteiger partial charge on any atom is 0.273 e. The number of aliphatic hydroxyl groups is 1. The van der Waals surface area contributed by atoms with E-state index in [1.54, 1.807) is 0 Å². The molecule has 4 N–H and O–H groups in total. The van der Waals surface area contributed by atoms with Gasteiger partial charge in [0.2, 0.25) is 0 Å². The highest BCUT2D eigenvalue weighted by molar-refractivity contribution is 5.93. The van der Waals surface area contributed by atoms with Crippen LogP contribution in [0.15, 0.2) is 47.0 Å². The van der Waals surface area contributed by atoms with E-state index in [2.05, 4.69) is 10.5 Å². The molecule has 0 spiro atoms. The van der Waals surface area contributed by atoms with Crippen molar-refractivity contribution < 1.29 is 34.3 Å². The van der Waals surface area contributed by atoms with Gasteiger partial charge in [-0.2, -0.15) is 0 Å². The predicted octanol–water partition coefficient (Wildman–Crippen LogP) is 2.57. The summed E-state index contributed by atoms with van der Waals surface area (Å²) in [6, 6.07) is 8.72. The van der Waals surface area contributed by atoms with Gasteiger partial charge in [-0.3, -0.25) is 14.9 Å². The number of hydrogen-bond acceptors (Lipinski definition) is 9. The predicted molar refractivity (Wildman–Crippen MR) is 102 cm³/mol. The van der Waals surface area contributed by atoms with E-state index in [9.17, 15) is 25.1 Å². The first-order valence-electron chi connectivity index (χ1n) is 8.73. The van der Waals surface area contributed by atoms with Crippen LogP contribution in [0.1, 0.15) is 16.9 Å². The fourth-order valence-electron chi connectivity index (χ4n) is 2.55. The number of hydrogen-bond donors (Lipinski definition) is 4. The Hall–Kier alpha value is -4.12. The summed E-state index contributed by atoms with van der Waals surface area (Å²) in [4.78, 5) is 22.3. The highest BCUT2D eigenvalue weighted by Gasteiger charge is 2.21. The number of aliphatic hydroxyl groups excluding tert-OH is 1. The van der Waals surface area contributed by atoms with Gasteiger partial charge in [-0.15, -0.1) is 0 Å². The maximum atomic E-state index is 12.1. The van der Waals surface area contributed by atoms with Crippen molar-refractivity contribution in [3.05, 3.63) is 58.3 Å². The number of nitrogens with one attached hydrogen (secondary N) is 1. The van der Waals surface area contributed by atoms with Crippen LogP contribution in [-0.4, -0.2) is 44.5 Å². The second kappa shape index (κ2) is 8.92.